The summed E-state index contributed by atoms with van der Waals surface area (Å²) < 4.78 is 5.25. The molecule has 0 aromatic rings. The van der Waals surface area contributed by atoms with Gasteiger partial charge in [-0.05, 0) is 97.4 Å². The van der Waals surface area contributed by atoms with Crippen LogP contribution in [0.25, 0.3) is 0 Å². The number of aliphatic hydroxyl groups is 1. The molecule has 4 rings (SSSR count). The molecule has 1 N–H and O–H groups in total. The van der Waals surface area contributed by atoms with E-state index in [0.717, 1.165) is 30.1 Å². The van der Waals surface area contributed by atoms with Crippen molar-refractivity contribution in [3.8, 4) is 0 Å². The van der Waals surface area contributed by atoms with Crippen molar-refractivity contribution in [1.29, 1.82) is 0 Å². The van der Waals surface area contributed by atoms with E-state index in [1.165, 1.54) is 50.5 Å². The minimum Gasteiger partial charge on any atom is -0.458 e. The average Bonchev–Trinajstić information content (AvgIpc) is 3.19. The number of rotatable bonds is 4. The molecule has 0 aromatic carbocycles. The van der Waals surface area contributed by atoms with Gasteiger partial charge in [-0.2, -0.15) is 0 Å². The summed E-state index contributed by atoms with van der Waals surface area (Å²) in [6.07, 6.45) is 11.8. The maximum Gasteiger partial charge on any atom is 0.331 e. The van der Waals surface area contributed by atoms with Crippen molar-refractivity contribution >= 4 is 5.97 Å². The van der Waals surface area contributed by atoms with Gasteiger partial charge in [0.05, 0.1) is 0 Å². The molecule has 26 heavy (non-hydrogen) atoms. The number of carbonyl (C=O) groups excluding carboxylic acids is 1. The number of hydrogen-bond donors (Lipinski definition) is 1. The van der Waals surface area contributed by atoms with Crippen LogP contribution in [0.15, 0.2) is 11.6 Å². The number of hydrogen-bond acceptors (Lipinski definition) is 3. The summed E-state index contributed by atoms with van der Waals surface area (Å²) in [5.74, 6) is 3.61. The van der Waals surface area contributed by atoms with E-state index in [0.29, 0.717) is 30.0 Å². The molecule has 3 nitrogen and oxygen atoms in total. The van der Waals surface area contributed by atoms with Gasteiger partial charge in [0.15, 0.2) is 0 Å². The molecule has 3 saturated carbocycles. The molecular weight excluding hydrogens is 324 g/mol. The van der Waals surface area contributed by atoms with E-state index in [2.05, 4.69) is 20.8 Å². The smallest absolute Gasteiger partial charge is 0.331 e. The van der Waals surface area contributed by atoms with Gasteiger partial charge in [0.1, 0.15) is 6.61 Å². The third kappa shape index (κ3) is 2.68. The van der Waals surface area contributed by atoms with Crippen LogP contribution >= 0.6 is 0 Å². The summed E-state index contributed by atoms with van der Waals surface area (Å²) in [5.41, 5.74) is 2.00. The fourth-order valence-corrected chi connectivity index (χ4v) is 7.74. The zero-order chi connectivity index (χ0) is 18.5. The van der Waals surface area contributed by atoms with Crippen LogP contribution in [0.5, 0.6) is 0 Å². The second-order valence-electron chi connectivity index (χ2n) is 10.2. The predicted octanol–water partition coefficient (Wildman–Crippen LogP) is 4.74. The Bertz CT molecular complexity index is 596. The molecule has 4 aliphatic rings. The van der Waals surface area contributed by atoms with Gasteiger partial charge in [-0.1, -0.05) is 20.8 Å². The van der Waals surface area contributed by atoms with E-state index in [-0.39, 0.29) is 5.97 Å². The Balaban J connectivity index is 1.59. The van der Waals surface area contributed by atoms with Gasteiger partial charge in [0, 0.05) is 12.7 Å². The van der Waals surface area contributed by atoms with Crippen molar-refractivity contribution < 1.29 is 14.6 Å². The Kier molecular flexibility index (Phi) is 4.74. The normalized spacial score (nSPS) is 47.9. The monoisotopic (exact) mass is 360 g/mol. The third-order valence-electron chi connectivity index (χ3n) is 9.35. The second-order valence-corrected chi connectivity index (χ2v) is 10.2. The van der Waals surface area contributed by atoms with Crippen molar-refractivity contribution in [2.75, 3.05) is 13.2 Å². The largest absolute Gasteiger partial charge is 0.458 e. The lowest BCUT2D eigenvalue weighted by molar-refractivity contribution is -0.135. The molecule has 0 saturated heterocycles. The molecule has 0 bridgehead atoms. The van der Waals surface area contributed by atoms with Crippen LogP contribution < -0.4 is 0 Å². The van der Waals surface area contributed by atoms with Gasteiger partial charge in [-0.3, -0.25) is 0 Å². The van der Waals surface area contributed by atoms with Crippen LogP contribution in [0.4, 0.5) is 0 Å². The zero-order valence-electron chi connectivity index (χ0n) is 16.8. The summed E-state index contributed by atoms with van der Waals surface area (Å²) in [7, 11) is 0. The standard InChI is InChI=1S/C23H36O3/c1-15-5-6-17-19-8-7-18(16-13-21(25)26-14-16)23(19,3)11-9-20(17)22(15,2)10-4-12-24/h13,15,17-20,24H,4-12,14H2,1-3H3/t15-,17?,18+,19?,20?,22-,23+/m0/s1. The lowest BCUT2D eigenvalue weighted by Crippen LogP contribution is -2.51. The van der Waals surface area contributed by atoms with Gasteiger partial charge in [0.2, 0.25) is 0 Å². The number of aliphatic hydroxyl groups excluding tert-OH is 1. The first-order valence-electron chi connectivity index (χ1n) is 10.9. The summed E-state index contributed by atoms with van der Waals surface area (Å²) in [6.45, 7) is 8.34. The van der Waals surface area contributed by atoms with Gasteiger partial charge < -0.3 is 9.84 Å². The topological polar surface area (TPSA) is 46.5 Å². The van der Waals surface area contributed by atoms with Gasteiger partial charge >= 0.3 is 5.97 Å². The molecule has 7 atom stereocenters. The second kappa shape index (κ2) is 6.65. The van der Waals surface area contributed by atoms with Crippen LogP contribution in [-0.4, -0.2) is 24.3 Å². The van der Waals surface area contributed by atoms with Crippen LogP contribution in [-0.2, 0) is 9.53 Å². The Morgan fingerprint density at radius 1 is 1.15 bits per heavy atom. The Labute approximate surface area is 158 Å². The van der Waals surface area contributed by atoms with E-state index < -0.39 is 0 Å². The number of fused-ring (bicyclic) bond motifs is 3. The molecule has 0 spiro atoms. The number of cyclic esters (lactones) is 1. The summed E-state index contributed by atoms with van der Waals surface area (Å²) in [4.78, 5) is 11.6. The quantitative estimate of drug-likeness (QED) is 0.737. The summed E-state index contributed by atoms with van der Waals surface area (Å²) in [5, 5.41) is 9.42. The molecule has 0 aromatic heterocycles. The van der Waals surface area contributed by atoms with Crippen molar-refractivity contribution in [3.63, 3.8) is 0 Å². The lowest BCUT2D eigenvalue weighted by atomic mass is 9.46. The molecule has 3 fully saturated rings. The predicted molar refractivity (Wildman–Crippen MR) is 102 cm³/mol. The fourth-order valence-electron chi connectivity index (χ4n) is 7.74. The molecule has 0 radical (unpaired) electrons. The summed E-state index contributed by atoms with van der Waals surface area (Å²) in [6, 6.07) is 0. The Hall–Kier alpha value is -0.830. The van der Waals surface area contributed by atoms with Crippen molar-refractivity contribution in [2.24, 2.45) is 40.4 Å². The van der Waals surface area contributed by atoms with Gasteiger partial charge in [-0.25, -0.2) is 4.79 Å². The van der Waals surface area contributed by atoms with Crippen LogP contribution in [0, 0.1) is 40.4 Å². The molecular formula is C23H36O3. The third-order valence-corrected chi connectivity index (χ3v) is 9.35. The van der Waals surface area contributed by atoms with E-state index in [1.807, 2.05) is 0 Å². The Morgan fingerprint density at radius 2 is 1.96 bits per heavy atom. The van der Waals surface area contributed by atoms with E-state index in [4.69, 9.17) is 4.74 Å². The van der Waals surface area contributed by atoms with Crippen molar-refractivity contribution in [2.45, 2.75) is 72.1 Å². The number of esters is 1. The number of ether oxygens (including phenoxy) is 1. The maximum absolute atomic E-state index is 11.6. The van der Waals surface area contributed by atoms with Crippen LogP contribution in [0.1, 0.15) is 72.1 Å². The molecule has 3 unspecified atom stereocenters. The first-order valence-corrected chi connectivity index (χ1v) is 10.9. The van der Waals surface area contributed by atoms with Gasteiger partial charge in [-0.15, -0.1) is 0 Å². The highest BCUT2D eigenvalue weighted by Gasteiger charge is 2.59. The first-order chi connectivity index (χ1) is 12.4. The van der Waals surface area contributed by atoms with Crippen LogP contribution in [0.3, 0.4) is 0 Å². The molecule has 0 amide bonds. The van der Waals surface area contributed by atoms with E-state index in [9.17, 15) is 9.90 Å². The Morgan fingerprint density at radius 3 is 2.65 bits per heavy atom. The fraction of sp³-hybridized carbons (Fsp3) is 0.870. The zero-order valence-corrected chi connectivity index (χ0v) is 16.8. The molecule has 146 valence electrons. The summed E-state index contributed by atoms with van der Waals surface area (Å²) >= 11 is 0. The minimum absolute atomic E-state index is 0.135. The molecule has 1 heterocycles. The highest BCUT2D eigenvalue weighted by molar-refractivity contribution is 5.85. The maximum atomic E-state index is 11.6. The van der Waals surface area contributed by atoms with Gasteiger partial charge in [0.25, 0.3) is 0 Å². The SMILES string of the molecule is C[C@H]1CCC2C3CC[C@H](C4=CC(=O)OC4)[C@@]3(C)CCC2[C@@]1(C)CCCO. The molecule has 1 aliphatic heterocycles. The highest BCUT2D eigenvalue weighted by Crippen LogP contribution is 2.67. The van der Waals surface area contributed by atoms with Crippen molar-refractivity contribution in [3.05, 3.63) is 11.6 Å². The van der Waals surface area contributed by atoms with Crippen molar-refractivity contribution in [1.82, 2.24) is 0 Å². The minimum atomic E-state index is -0.135. The van der Waals surface area contributed by atoms with E-state index >= 15 is 0 Å². The molecule has 3 heteroatoms. The average molecular weight is 361 g/mol. The van der Waals surface area contributed by atoms with E-state index in [1.54, 1.807) is 6.08 Å². The highest BCUT2D eigenvalue weighted by atomic mass is 16.5. The number of carbonyl (C=O) groups is 1. The molecule has 3 aliphatic carbocycles. The lowest BCUT2D eigenvalue weighted by Gasteiger charge is -2.59. The van der Waals surface area contributed by atoms with Crippen LogP contribution in [0.2, 0.25) is 0 Å². The first kappa shape index (κ1) is 18.5.